The standard InChI is InChI=1S/C10H18F3N3S/c1-8(9(14)17)6-15-2-4-16(5-3-15)7-10(11,12)13/h8H,2-7H2,1H3,(H2,14,17). The summed E-state index contributed by atoms with van der Waals surface area (Å²) in [7, 11) is 0. The highest BCUT2D eigenvalue weighted by Gasteiger charge is 2.32. The fraction of sp³-hybridized carbons (Fsp3) is 0.900. The van der Waals surface area contributed by atoms with Crippen LogP contribution in [0.1, 0.15) is 6.92 Å². The number of nitrogens with two attached hydrogens (primary N) is 1. The third kappa shape index (κ3) is 5.65. The number of piperazine rings is 1. The van der Waals surface area contributed by atoms with Gasteiger partial charge in [-0.3, -0.25) is 4.90 Å². The molecule has 1 saturated heterocycles. The first kappa shape index (κ1) is 14.7. The van der Waals surface area contributed by atoms with Gasteiger partial charge in [0.05, 0.1) is 11.5 Å². The first-order chi connectivity index (χ1) is 7.78. The van der Waals surface area contributed by atoms with Crippen molar-refractivity contribution in [2.24, 2.45) is 11.7 Å². The highest BCUT2D eigenvalue weighted by Crippen LogP contribution is 2.17. The molecule has 0 aromatic carbocycles. The van der Waals surface area contributed by atoms with Crippen molar-refractivity contribution in [1.82, 2.24) is 9.80 Å². The van der Waals surface area contributed by atoms with Crippen LogP contribution in [0.5, 0.6) is 0 Å². The van der Waals surface area contributed by atoms with Gasteiger partial charge in [-0.2, -0.15) is 13.2 Å². The van der Waals surface area contributed by atoms with Gasteiger partial charge >= 0.3 is 6.18 Å². The van der Waals surface area contributed by atoms with E-state index in [1.165, 1.54) is 4.90 Å². The van der Waals surface area contributed by atoms with E-state index >= 15 is 0 Å². The van der Waals surface area contributed by atoms with Crippen LogP contribution >= 0.6 is 12.2 Å². The Morgan fingerprint density at radius 3 is 2.12 bits per heavy atom. The minimum absolute atomic E-state index is 0.110. The molecule has 1 heterocycles. The van der Waals surface area contributed by atoms with Crippen molar-refractivity contribution in [2.75, 3.05) is 39.3 Å². The molecule has 2 N–H and O–H groups in total. The Labute approximate surface area is 105 Å². The van der Waals surface area contributed by atoms with Gasteiger partial charge in [-0.25, -0.2) is 0 Å². The third-order valence-corrected chi connectivity index (χ3v) is 3.29. The number of hydrogen-bond acceptors (Lipinski definition) is 3. The topological polar surface area (TPSA) is 32.5 Å². The molecule has 0 saturated carbocycles. The van der Waals surface area contributed by atoms with Crippen LogP contribution in [0.3, 0.4) is 0 Å². The van der Waals surface area contributed by atoms with Crippen LogP contribution in [0.4, 0.5) is 13.2 Å². The number of halogens is 3. The lowest BCUT2D eigenvalue weighted by Crippen LogP contribution is -2.50. The van der Waals surface area contributed by atoms with E-state index in [0.717, 1.165) is 6.54 Å². The van der Waals surface area contributed by atoms with Crippen LogP contribution in [0.2, 0.25) is 0 Å². The normalized spacial score (nSPS) is 21.4. The van der Waals surface area contributed by atoms with Gasteiger partial charge in [0.2, 0.25) is 0 Å². The summed E-state index contributed by atoms with van der Waals surface area (Å²) in [6, 6.07) is 0. The van der Waals surface area contributed by atoms with Crippen LogP contribution in [-0.2, 0) is 0 Å². The van der Waals surface area contributed by atoms with Gasteiger partial charge in [-0.1, -0.05) is 19.1 Å². The van der Waals surface area contributed by atoms with E-state index in [-0.39, 0.29) is 5.92 Å². The second-order valence-corrected chi connectivity index (χ2v) is 4.97. The van der Waals surface area contributed by atoms with Crippen LogP contribution in [0.25, 0.3) is 0 Å². The van der Waals surface area contributed by atoms with Gasteiger partial charge in [0.25, 0.3) is 0 Å². The zero-order valence-corrected chi connectivity index (χ0v) is 10.7. The van der Waals surface area contributed by atoms with Crippen molar-refractivity contribution in [3.8, 4) is 0 Å². The Morgan fingerprint density at radius 1 is 1.24 bits per heavy atom. The summed E-state index contributed by atoms with van der Waals surface area (Å²) in [4.78, 5) is 4.00. The van der Waals surface area contributed by atoms with E-state index in [1.807, 2.05) is 6.92 Å². The highest BCUT2D eigenvalue weighted by atomic mass is 32.1. The smallest absolute Gasteiger partial charge is 0.393 e. The van der Waals surface area contributed by atoms with Crippen LogP contribution in [0.15, 0.2) is 0 Å². The Hall–Kier alpha value is -0.400. The fourth-order valence-corrected chi connectivity index (χ4v) is 1.94. The van der Waals surface area contributed by atoms with Crippen molar-refractivity contribution < 1.29 is 13.2 Å². The number of thiocarbonyl (C=S) groups is 1. The average molecular weight is 269 g/mol. The predicted octanol–water partition coefficient (Wildman–Crippen LogP) is 1.09. The summed E-state index contributed by atoms with van der Waals surface area (Å²) in [6.07, 6.45) is -4.10. The Kier molecular flexibility index (Phi) is 5.15. The molecule has 0 aromatic rings. The molecule has 1 rings (SSSR count). The second-order valence-electron chi connectivity index (χ2n) is 4.50. The second kappa shape index (κ2) is 5.97. The Balaban J connectivity index is 2.29. The first-order valence-corrected chi connectivity index (χ1v) is 5.99. The Morgan fingerprint density at radius 2 is 1.71 bits per heavy atom. The molecule has 0 spiro atoms. The van der Waals surface area contributed by atoms with Crippen molar-refractivity contribution in [1.29, 1.82) is 0 Å². The number of nitrogens with zero attached hydrogens (tertiary/aromatic N) is 2. The summed E-state index contributed by atoms with van der Waals surface area (Å²) < 4.78 is 36.5. The molecule has 100 valence electrons. The third-order valence-electron chi connectivity index (χ3n) is 2.89. The van der Waals surface area contributed by atoms with Crippen molar-refractivity contribution >= 4 is 17.2 Å². The zero-order valence-electron chi connectivity index (χ0n) is 9.83. The molecule has 3 nitrogen and oxygen atoms in total. The summed E-state index contributed by atoms with van der Waals surface area (Å²) >= 11 is 4.87. The van der Waals surface area contributed by atoms with Gasteiger partial charge < -0.3 is 10.6 Å². The maximum Gasteiger partial charge on any atom is 0.401 e. The van der Waals surface area contributed by atoms with E-state index in [2.05, 4.69) is 4.90 Å². The van der Waals surface area contributed by atoms with Crippen LogP contribution in [0, 0.1) is 5.92 Å². The van der Waals surface area contributed by atoms with Crippen LogP contribution in [-0.4, -0.2) is 60.2 Å². The monoisotopic (exact) mass is 269 g/mol. The molecule has 0 aromatic heterocycles. The summed E-state index contributed by atoms with van der Waals surface area (Å²) in [5.74, 6) is 0.110. The van der Waals surface area contributed by atoms with E-state index in [0.29, 0.717) is 31.2 Å². The maximum atomic E-state index is 12.2. The van der Waals surface area contributed by atoms with E-state index in [9.17, 15) is 13.2 Å². The number of rotatable bonds is 4. The molecular formula is C10H18F3N3S. The predicted molar refractivity (Wildman–Crippen MR) is 64.9 cm³/mol. The lowest BCUT2D eigenvalue weighted by Gasteiger charge is -2.35. The number of alkyl halides is 3. The maximum absolute atomic E-state index is 12.2. The largest absolute Gasteiger partial charge is 0.401 e. The van der Waals surface area contributed by atoms with Gasteiger partial charge in [-0.15, -0.1) is 0 Å². The Bertz CT molecular complexity index is 262. The first-order valence-electron chi connectivity index (χ1n) is 5.58. The summed E-state index contributed by atoms with van der Waals surface area (Å²) in [6.45, 7) is 4.03. The van der Waals surface area contributed by atoms with Gasteiger partial charge in [0.1, 0.15) is 0 Å². The molecule has 0 radical (unpaired) electrons. The molecule has 0 aliphatic carbocycles. The molecule has 1 fully saturated rings. The zero-order chi connectivity index (χ0) is 13.1. The SMILES string of the molecule is CC(CN1CCN(CC(F)(F)F)CC1)C(N)=S. The quantitative estimate of drug-likeness (QED) is 0.774. The fourth-order valence-electron chi connectivity index (χ4n) is 1.86. The molecule has 1 unspecified atom stereocenters. The highest BCUT2D eigenvalue weighted by molar-refractivity contribution is 7.80. The minimum atomic E-state index is -4.10. The summed E-state index contributed by atoms with van der Waals surface area (Å²) in [5, 5.41) is 0. The lowest BCUT2D eigenvalue weighted by molar-refractivity contribution is -0.149. The summed E-state index contributed by atoms with van der Waals surface area (Å²) in [5.41, 5.74) is 5.51. The molecule has 0 amide bonds. The molecule has 1 aliphatic heterocycles. The molecule has 1 atom stereocenters. The molecule has 1 aliphatic rings. The lowest BCUT2D eigenvalue weighted by atomic mass is 10.1. The van der Waals surface area contributed by atoms with E-state index in [4.69, 9.17) is 18.0 Å². The van der Waals surface area contributed by atoms with Crippen molar-refractivity contribution in [3.63, 3.8) is 0 Å². The van der Waals surface area contributed by atoms with Gasteiger partial charge in [0, 0.05) is 38.6 Å². The van der Waals surface area contributed by atoms with Crippen LogP contribution < -0.4 is 5.73 Å². The molecule has 17 heavy (non-hydrogen) atoms. The van der Waals surface area contributed by atoms with Gasteiger partial charge in [-0.05, 0) is 0 Å². The van der Waals surface area contributed by atoms with Crippen molar-refractivity contribution in [3.05, 3.63) is 0 Å². The average Bonchev–Trinajstić information content (AvgIpc) is 2.18. The molecular weight excluding hydrogens is 251 g/mol. The van der Waals surface area contributed by atoms with E-state index in [1.54, 1.807) is 0 Å². The van der Waals surface area contributed by atoms with E-state index < -0.39 is 12.7 Å². The molecule has 7 heteroatoms. The minimum Gasteiger partial charge on any atom is -0.393 e. The number of hydrogen-bond donors (Lipinski definition) is 1. The van der Waals surface area contributed by atoms with Crippen molar-refractivity contribution in [2.45, 2.75) is 13.1 Å². The van der Waals surface area contributed by atoms with Gasteiger partial charge in [0.15, 0.2) is 0 Å². The molecule has 0 bridgehead atoms.